The molecule has 0 radical (unpaired) electrons. The Labute approximate surface area is 208 Å². The molecule has 3 aromatic rings. The topological polar surface area (TPSA) is 57.7 Å². The van der Waals surface area contributed by atoms with Crippen molar-refractivity contribution in [1.82, 2.24) is 4.90 Å². The van der Waals surface area contributed by atoms with E-state index in [1.807, 2.05) is 71.6 Å². The average molecular weight is 483 g/mol. The molecule has 35 heavy (non-hydrogen) atoms. The molecule has 0 aromatic heterocycles. The number of carbonyl (C=O) groups excluding carboxylic acids is 3. The molecule has 5 nitrogen and oxygen atoms in total. The van der Waals surface area contributed by atoms with Crippen LogP contribution in [0.1, 0.15) is 21.5 Å². The van der Waals surface area contributed by atoms with Gasteiger partial charge in [0.2, 0.25) is 11.8 Å². The van der Waals surface area contributed by atoms with Crippen LogP contribution < -0.4 is 4.90 Å². The number of anilines is 1. The summed E-state index contributed by atoms with van der Waals surface area (Å²) in [5.74, 6) is -1.95. The molecule has 6 rings (SSSR count). The lowest BCUT2D eigenvalue weighted by Gasteiger charge is -2.36. The van der Waals surface area contributed by atoms with E-state index in [1.54, 1.807) is 24.3 Å². The van der Waals surface area contributed by atoms with Gasteiger partial charge in [0.15, 0.2) is 5.78 Å². The lowest BCUT2D eigenvalue weighted by molar-refractivity contribution is -0.140. The number of rotatable bonds is 5. The number of hydrogen-bond acceptors (Lipinski definition) is 4. The molecule has 3 heterocycles. The lowest BCUT2D eigenvalue weighted by atomic mass is 9.86. The maximum absolute atomic E-state index is 13.9. The van der Waals surface area contributed by atoms with Gasteiger partial charge in [0.1, 0.15) is 6.04 Å². The molecule has 0 bridgehead atoms. The van der Waals surface area contributed by atoms with Crippen LogP contribution in [0.3, 0.4) is 0 Å². The molecule has 3 aliphatic heterocycles. The molecule has 2 amide bonds. The first-order chi connectivity index (χ1) is 17.0. The molecule has 2 saturated heterocycles. The second-order valence-corrected chi connectivity index (χ2v) is 9.68. The van der Waals surface area contributed by atoms with E-state index in [9.17, 15) is 14.4 Å². The van der Waals surface area contributed by atoms with Crippen molar-refractivity contribution in [2.45, 2.75) is 18.5 Å². The maximum Gasteiger partial charge on any atom is 0.235 e. The minimum atomic E-state index is -0.768. The number of para-hydroxylation sites is 1. The predicted molar refractivity (Wildman–Crippen MR) is 135 cm³/mol. The van der Waals surface area contributed by atoms with E-state index in [-0.39, 0.29) is 23.6 Å². The summed E-state index contributed by atoms with van der Waals surface area (Å²) in [5.41, 5.74) is 3.39. The van der Waals surface area contributed by atoms with Gasteiger partial charge in [0.05, 0.1) is 17.9 Å². The Morgan fingerprint density at radius 2 is 1.51 bits per heavy atom. The quantitative estimate of drug-likeness (QED) is 0.392. The van der Waals surface area contributed by atoms with E-state index in [0.717, 1.165) is 16.8 Å². The van der Waals surface area contributed by atoms with Crippen LogP contribution in [0.2, 0.25) is 5.02 Å². The minimum absolute atomic E-state index is 0.171. The van der Waals surface area contributed by atoms with Crippen molar-refractivity contribution in [3.63, 3.8) is 0 Å². The summed E-state index contributed by atoms with van der Waals surface area (Å²) in [6.07, 6.45) is 4.55. The van der Waals surface area contributed by atoms with Crippen molar-refractivity contribution in [2.24, 2.45) is 11.8 Å². The molecule has 0 aliphatic carbocycles. The van der Waals surface area contributed by atoms with Crippen LogP contribution in [-0.4, -0.2) is 41.1 Å². The molecular weight excluding hydrogens is 460 g/mol. The molecule has 0 saturated carbocycles. The van der Waals surface area contributed by atoms with E-state index < -0.39 is 17.9 Å². The predicted octanol–water partition coefficient (Wildman–Crippen LogP) is 4.65. The van der Waals surface area contributed by atoms with Crippen LogP contribution in [0, 0.1) is 11.8 Å². The van der Waals surface area contributed by atoms with Gasteiger partial charge < -0.3 is 4.90 Å². The third-order valence-corrected chi connectivity index (χ3v) is 7.62. The van der Waals surface area contributed by atoms with Gasteiger partial charge in [0.25, 0.3) is 0 Å². The van der Waals surface area contributed by atoms with Gasteiger partial charge in [-0.15, -0.1) is 0 Å². The van der Waals surface area contributed by atoms with E-state index in [1.165, 1.54) is 4.90 Å². The molecule has 6 heteroatoms. The Morgan fingerprint density at radius 3 is 2.29 bits per heavy atom. The van der Waals surface area contributed by atoms with Crippen molar-refractivity contribution in [3.05, 3.63) is 107 Å². The Hall–Kier alpha value is -3.70. The van der Waals surface area contributed by atoms with Crippen LogP contribution in [0.25, 0.3) is 6.08 Å². The Balaban J connectivity index is 1.39. The summed E-state index contributed by atoms with van der Waals surface area (Å²) < 4.78 is 0. The summed E-state index contributed by atoms with van der Waals surface area (Å²) in [6, 6.07) is 23.2. The zero-order valence-corrected chi connectivity index (χ0v) is 19.6. The van der Waals surface area contributed by atoms with Gasteiger partial charge >= 0.3 is 0 Å². The fourth-order valence-corrected chi connectivity index (χ4v) is 5.89. The summed E-state index contributed by atoms with van der Waals surface area (Å²) in [6.45, 7) is 0.309. The van der Waals surface area contributed by atoms with E-state index in [4.69, 9.17) is 11.6 Å². The first-order valence-corrected chi connectivity index (χ1v) is 12.2. The van der Waals surface area contributed by atoms with Gasteiger partial charge in [-0.2, -0.15) is 0 Å². The SMILES string of the molecule is O=C(c1ccc(Cl)cc1)C1C2C(=O)N(CCc3ccccc3)C(=O)C2C2C=Cc3ccccc3N21. The van der Waals surface area contributed by atoms with E-state index in [0.29, 0.717) is 23.6 Å². The second-order valence-electron chi connectivity index (χ2n) is 9.25. The number of nitrogens with zero attached hydrogens (tertiary/aromatic N) is 2. The maximum atomic E-state index is 13.9. The highest BCUT2D eigenvalue weighted by atomic mass is 35.5. The number of carbonyl (C=O) groups is 3. The Kier molecular flexibility index (Phi) is 5.30. The van der Waals surface area contributed by atoms with Crippen molar-refractivity contribution < 1.29 is 14.4 Å². The third-order valence-electron chi connectivity index (χ3n) is 7.37. The highest BCUT2D eigenvalue weighted by Gasteiger charge is 2.63. The fourth-order valence-electron chi connectivity index (χ4n) is 5.77. The Morgan fingerprint density at radius 1 is 0.829 bits per heavy atom. The van der Waals surface area contributed by atoms with E-state index in [2.05, 4.69) is 0 Å². The second kappa shape index (κ2) is 8.51. The first-order valence-electron chi connectivity index (χ1n) is 11.8. The first kappa shape index (κ1) is 21.8. The largest absolute Gasteiger partial charge is 0.352 e. The number of hydrogen-bond donors (Lipinski definition) is 0. The fraction of sp³-hybridized carbons (Fsp3) is 0.207. The highest BCUT2D eigenvalue weighted by molar-refractivity contribution is 6.30. The van der Waals surface area contributed by atoms with Gasteiger partial charge in [-0.1, -0.05) is 72.3 Å². The van der Waals surface area contributed by atoms with Crippen molar-refractivity contribution in [2.75, 3.05) is 11.4 Å². The normalized spacial score (nSPS) is 24.4. The zero-order valence-electron chi connectivity index (χ0n) is 18.9. The smallest absolute Gasteiger partial charge is 0.235 e. The number of imide groups is 1. The summed E-state index contributed by atoms with van der Waals surface area (Å²) in [5, 5.41) is 0.536. The standard InChI is InChI=1S/C29H23ClN2O3/c30-21-13-10-20(11-14-21)27(33)26-25-24(23-15-12-19-8-4-5-9-22(19)32(23)26)28(34)31(29(25)35)17-16-18-6-2-1-3-7-18/h1-15,23-26H,16-17H2. The van der Waals surface area contributed by atoms with Crippen LogP contribution in [0.4, 0.5) is 5.69 Å². The molecule has 4 unspecified atom stereocenters. The Bertz CT molecular complexity index is 1350. The van der Waals surface area contributed by atoms with Gasteiger partial charge in [-0.25, -0.2) is 0 Å². The van der Waals surface area contributed by atoms with Gasteiger partial charge in [0, 0.05) is 22.8 Å². The minimum Gasteiger partial charge on any atom is -0.352 e. The molecule has 0 spiro atoms. The number of Topliss-reactive ketones (excluding diaryl/α,β-unsaturated/α-hetero) is 1. The van der Waals surface area contributed by atoms with Crippen molar-refractivity contribution in [3.8, 4) is 0 Å². The average Bonchev–Trinajstić information content (AvgIpc) is 3.36. The highest BCUT2D eigenvalue weighted by Crippen LogP contribution is 2.49. The van der Waals surface area contributed by atoms with Crippen molar-refractivity contribution in [1.29, 1.82) is 0 Å². The molecule has 3 aromatic carbocycles. The monoisotopic (exact) mass is 482 g/mol. The number of fused-ring (bicyclic) bond motifs is 5. The molecular formula is C29H23ClN2O3. The lowest BCUT2D eigenvalue weighted by Crippen LogP contribution is -2.49. The number of benzene rings is 3. The number of amides is 2. The van der Waals surface area contributed by atoms with Crippen LogP contribution in [-0.2, 0) is 16.0 Å². The third kappa shape index (κ3) is 3.50. The summed E-state index contributed by atoms with van der Waals surface area (Å²) in [7, 11) is 0. The molecule has 0 N–H and O–H groups in total. The van der Waals surface area contributed by atoms with Crippen LogP contribution in [0.15, 0.2) is 84.9 Å². The summed E-state index contributed by atoms with van der Waals surface area (Å²) >= 11 is 6.05. The number of likely N-dealkylation sites (tertiary alicyclic amines) is 1. The van der Waals surface area contributed by atoms with Gasteiger partial charge in [-0.3, -0.25) is 19.3 Å². The number of ketones is 1. The van der Waals surface area contributed by atoms with Crippen LogP contribution in [0.5, 0.6) is 0 Å². The van der Waals surface area contributed by atoms with Gasteiger partial charge in [-0.05, 0) is 47.9 Å². The van der Waals surface area contributed by atoms with Crippen LogP contribution >= 0.6 is 11.6 Å². The summed E-state index contributed by atoms with van der Waals surface area (Å²) in [4.78, 5) is 44.7. The number of halogens is 1. The molecule has 174 valence electrons. The zero-order chi connectivity index (χ0) is 24.1. The molecule has 3 aliphatic rings. The molecule has 4 atom stereocenters. The van der Waals surface area contributed by atoms with Crippen molar-refractivity contribution >= 4 is 41.0 Å². The molecule has 2 fully saturated rings. The van der Waals surface area contributed by atoms with E-state index >= 15 is 0 Å².